The van der Waals surface area contributed by atoms with Gasteiger partial charge in [0, 0.05) is 19.2 Å². The largest absolute Gasteiger partial charge is 0.430 e. The van der Waals surface area contributed by atoms with Crippen LogP contribution >= 0.6 is 0 Å². The Morgan fingerprint density at radius 1 is 1.42 bits per heavy atom. The Morgan fingerprint density at radius 3 is 2.74 bits per heavy atom. The number of aliphatic hydroxyl groups is 1. The Morgan fingerprint density at radius 2 is 2.16 bits per heavy atom. The van der Waals surface area contributed by atoms with Crippen molar-refractivity contribution in [2.75, 3.05) is 26.3 Å². The summed E-state index contributed by atoms with van der Waals surface area (Å²) in [5, 5.41) is 8.68. The number of carbonyl (C=O) groups excluding carboxylic acids is 1. The number of rotatable bonds is 4. The van der Waals surface area contributed by atoms with Crippen molar-refractivity contribution in [1.82, 2.24) is 4.90 Å². The van der Waals surface area contributed by atoms with Crippen LogP contribution in [0.15, 0.2) is 27.6 Å². The van der Waals surface area contributed by atoms with Gasteiger partial charge in [-0.15, -0.1) is 0 Å². The average molecular weight is 267 g/mol. The molecule has 1 aliphatic heterocycles. The lowest BCUT2D eigenvalue weighted by atomic mass is 10.1. The highest BCUT2D eigenvalue weighted by atomic mass is 16.5. The zero-order chi connectivity index (χ0) is 13.7. The molecule has 0 radical (unpaired) electrons. The van der Waals surface area contributed by atoms with Crippen LogP contribution in [-0.4, -0.2) is 48.3 Å². The van der Waals surface area contributed by atoms with Crippen molar-refractivity contribution >= 4 is 5.91 Å². The monoisotopic (exact) mass is 267 g/mol. The Balaban J connectivity index is 1.88. The summed E-state index contributed by atoms with van der Waals surface area (Å²) in [6.45, 7) is 1.56. The van der Waals surface area contributed by atoms with E-state index in [4.69, 9.17) is 9.84 Å². The van der Waals surface area contributed by atoms with Crippen molar-refractivity contribution in [3.63, 3.8) is 0 Å². The van der Waals surface area contributed by atoms with Crippen molar-refractivity contribution in [3.05, 3.63) is 34.4 Å². The van der Waals surface area contributed by atoms with E-state index in [1.807, 2.05) is 0 Å². The van der Waals surface area contributed by atoms with E-state index in [0.717, 1.165) is 12.8 Å². The molecule has 1 aliphatic rings. The molecular weight excluding hydrogens is 250 g/mol. The fourth-order valence-corrected chi connectivity index (χ4v) is 2.11. The molecule has 0 spiro atoms. The van der Waals surface area contributed by atoms with Crippen LogP contribution in [0.2, 0.25) is 0 Å². The van der Waals surface area contributed by atoms with Gasteiger partial charge in [0.15, 0.2) is 0 Å². The first-order valence-corrected chi connectivity index (χ1v) is 6.31. The maximum atomic E-state index is 12.1. The van der Waals surface area contributed by atoms with E-state index in [1.165, 1.54) is 18.4 Å². The van der Waals surface area contributed by atoms with Crippen molar-refractivity contribution in [2.45, 2.75) is 18.9 Å². The van der Waals surface area contributed by atoms with Gasteiger partial charge < -0.3 is 19.2 Å². The van der Waals surface area contributed by atoms with E-state index >= 15 is 0 Å². The number of piperidine rings is 1. The molecule has 6 nitrogen and oxygen atoms in total. The summed E-state index contributed by atoms with van der Waals surface area (Å²) in [5.74, 6) is -0.135. The number of ether oxygens (including phenoxy) is 1. The summed E-state index contributed by atoms with van der Waals surface area (Å²) in [6, 6.07) is 2.72. The topological polar surface area (TPSA) is 80.0 Å². The molecule has 0 aliphatic carbocycles. The first-order chi connectivity index (χ1) is 9.20. The van der Waals surface area contributed by atoms with Gasteiger partial charge in [0.2, 0.25) is 0 Å². The van der Waals surface area contributed by atoms with Gasteiger partial charge in [-0.05, 0) is 18.9 Å². The van der Waals surface area contributed by atoms with E-state index in [9.17, 15) is 9.59 Å². The first-order valence-electron chi connectivity index (χ1n) is 6.31. The van der Waals surface area contributed by atoms with Gasteiger partial charge in [-0.2, -0.15) is 0 Å². The molecule has 1 aromatic heterocycles. The van der Waals surface area contributed by atoms with Crippen LogP contribution < -0.4 is 5.63 Å². The second kappa shape index (κ2) is 6.49. The van der Waals surface area contributed by atoms with E-state index < -0.39 is 5.63 Å². The summed E-state index contributed by atoms with van der Waals surface area (Å²) >= 11 is 0. The molecule has 0 saturated carbocycles. The van der Waals surface area contributed by atoms with Crippen molar-refractivity contribution in [3.8, 4) is 0 Å². The lowest BCUT2D eigenvalue weighted by molar-refractivity contribution is -0.00558. The number of likely N-dealkylation sites (tertiary alicyclic amines) is 1. The number of nitrogens with zero attached hydrogens (tertiary/aromatic N) is 1. The Hall–Kier alpha value is -1.66. The molecule has 0 bridgehead atoms. The summed E-state index contributed by atoms with van der Waals surface area (Å²) in [6.07, 6.45) is 2.80. The second-order valence-corrected chi connectivity index (χ2v) is 4.43. The number of hydrogen-bond acceptors (Lipinski definition) is 5. The third-order valence-electron chi connectivity index (χ3n) is 3.12. The molecule has 0 atom stereocenters. The standard InChI is InChI=1S/C13H17NO5/c15-7-8-18-11-3-5-14(6-4-11)13(17)10-1-2-12(16)19-9-10/h1-2,9,11,15H,3-8H2. The predicted octanol–water partition coefficient (Wildman–Crippen LogP) is 0.253. The molecule has 1 N–H and O–H groups in total. The number of amides is 1. The minimum atomic E-state index is -0.465. The highest BCUT2D eigenvalue weighted by Crippen LogP contribution is 2.15. The molecule has 104 valence electrons. The Bertz CT molecular complexity index is 456. The van der Waals surface area contributed by atoms with Crippen LogP contribution in [0.5, 0.6) is 0 Å². The summed E-state index contributed by atoms with van der Waals surface area (Å²) < 4.78 is 10.1. The van der Waals surface area contributed by atoms with Gasteiger partial charge in [0.05, 0.1) is 24.9 Å². The molecule has 2 heterocycles. The van der Waals surface area contributed by atoms with Crippen LogP contribution in [0, 0.1) is 0 Å². The van der Waals surface area contributed by atoms with Gasteiger partial charge >= 0.3 is 5.63 Å². The Kier molecular flexibility index (Phi) is 4.70. The molecule has 19 heavy (non-hydrogen) atoms. The molecule has 1 amide bonds. The van der Waals surface area contributed by atoms with Gasteiger partial charge in [0.25, 0.3) is 5.91 Å². The van der Waals surface area contributed by atoms with E-state index in [2.05, 4.69) is 4.42 Å². The van der Waals surface area contributed by atoms with Crippen LogP contribution in [-0.2, 0) is 4.74 Å². The SMILES string of the molecule is O=C(c1ccc(=O)oc1)N1CCC(OCCO)CC1. The maximum Gasteiger partial charge on any atom is 0.335 e. The molecule has 2 rings (SSSR count). The zero-order valence-corrected chi connectivity index (χ0v) is 10.6. The maximum absolute atomic E-state index is 12.1. The van der Waals surface area contributed by atoms with Gasteiger partial charge in [-0.25, -0.2) is 4.79 Å². The molecule has 1 fully saturated rings. The van der Waals surface area contributed by atoms with E-state index in [0.29, 0.717) is 25.3 Å². The molecule has 6 heteroatoms. The van der Waals surface area contributed by atoms with Crippen molar-refractivity contribution in [1.29, 1.82) is 0 Å². The normalized spacial score (nSPS) is 16.6. The lowest BCUT2D eigenvalue weighted by Gasteiger charge is -2.31. The third kappa shape index (κ3) is 3.65. The fourth-order valence-electron chi connectivity index (χ4n) is 2.11. The van der Waals surface area contributed by atoms with Crippen LogP contribution in [0.1, 0.15) is 23.2 Å². The number of carbonyl (C=O) groups is 1. The average Bonchev–Trinajstić information content (AvgIpc) is 2.46. The fraction of sp³-hybridized carbons (Fsp3) is 0.538. The molecule has 0 aromatic carbocycles. The summed E-state index contributed by atoms with van der Waals surface area (Å²) in [5.41, 5.74) is -0.0815. The third-order valence-corrected chi connectivity index (χ3v) is 3.12. The van der Waals surface area contributed by atoms with Crippen LogP contribution in [0.25, 0.3) is 0 Å². The van der Waals surface area contributed by atoms with E-state index in [1.54, 1.807) is 4.90 Å². The molecule has 0 unspecified atom stereocenters. The highest BCUT2D eigenvalue weighted by molar-refractivity contribution is 5.93. The van der Waals surface area contributed by atoms with Crippen molar-refractivity contribution in [2.24, 2.45) is 0 Å². The quantitative estimate of drug-likeness (QED) is 0.846. The number of hydrogen-bond donors (Lipinski definition) is 1. The smallest absolute Gasteiger partial charge is 0.335 e. The van der Waals surface area contributed by atoms with Gasteiger partial charge in [0.1, 0.15) is 6.26 Å². The van der Waals surface area contributed by atoms with Crippen molar-refractivity contribution < 1.29 is 19.1 Å². The Labute approximate surface area is 110 Å². The minimum Gasteiger partial charge on any atom is -0.430 e. The van der Waals surface area contributed by atoms with Gasteiger partial charge in [-0.1, -0.05) is 0 Å². The van der Waals surface area contributed by atoms with Crippen LogP contribution in [0.3, 0.4) is 0 Å². The molecular formula is C13H17NO5. The predicted molar refractivity (Wildman–Crippen MR) is 66.9 cm³/mol. The summed E-state index contributed by atoms with van der Waals surface area (Å²) in [7, 11) is 0. The minimum absolute atomic E-state index is 0.0161. The zero-order valence-electron chi connectivity index (χ0n) is 10.6. The van der Waals surface area contributed by atoms with Gasteiger partial charge in [-0.3, -0.25) is 4.79 Å². The molecule has 1 saturated heterocycles. The number of aliphatic hydroxyl groups excluding tert-OH is 1. The first kappa shape index (κ1) is 13.8. The highest BCUT2D eigenvalue weighted by Gasteiger charge is 2.24. The second-order valence-electron chi connectivity index (χ2n) is 4.43. The summed E-state index contributed by atoms with van der Waals surface area (Å²) in [4.78, 5) is 24.7. The lowest BCUT2D eigenvalue weighted by Crippen LogP contribution is -2.41. The molecule has 1 aromatic rings. The van der Waals surface area contributed by atoms with Crippen LogP contribution in [0.4, 0.5) is 0 Å². The van der Waals surface area contributed by atoms with E-state index in [-0.39, 0.29) is 18.6 Å².